The lowest BCUT2D eigenvalue weighted by Gasteiger charge is -2.43. The first-order chi connectivity index (χ1) is 8.70. The van der Waals surface area contributed by atoms with Crippen molar-refractivity contribution < 1.29 is 0 Å². The van der Waals surface area contributed by atoms with E-state index in [0.29, 0.717) is 17.9 Å². The van der Waals surface area contributed by atoms with Crippen molar-refractivity contribution in [3.05, 3.63) is 34.9 Å². The van der Waals surface area contributed by atoms with Crippen LogP contribution >= 0.6 is 11.6 Å². The Bertz CT molecular complexity index is 417. The fourth-order valence-electron chi connectivity index (χ4n) is 3.99. The van der Waals surface area contributed by atoms with Crippen LogP contribution in [0.15, 0.2) is 24.3 Å². The molecule has 0 saturated carbocycles. The van der Waals surface area contributed by atoms with Gasteiger partial charge in [0.05, 0.1) is 0 Å². The van der Waals surface area contributed by atoms with Gasteiger partial charge < -0.3 is 10.6 Å². The Balaban J connectivity index is 1.89. The predicted octanol–water partition coefficient (Wildman–Crippen LogP) is 2.87. The van der Waals surface area contributed by atoms with Crippen LogP contribution in [0.5, 0.6) is 0 Å². The summed E-state index contributed by atoms with van der Waals surface area (Å²) in [4.78, 5) is 2.56. The molecule has 0 radical (unpaired) electrons. The number of piperidine rings is 1. The molecule has 1 aromatic rings. The maximum atomic E-state index is 6.05. The summed E-state index contributed by atoms with van der Waals surface area (Å²) in [5.74, 6) is 1.20. The summed E-state index contributed by atoms with van der Waals surface area (Å²) in [7, 11) is 2.27. The fourth-order valence-corrected chi connectivity index (χ4v) is 4.12. The molecule has 2 fully saturated rings. The minimum atomic E-state index is 0.593. The largest absolute Gasteiger partial charge is 0.330 e. The maximum Gasteiger partial charge on any atom is 0.0406 e. The molecule has 3 rings (SSSR count). The molecule has 4 atom stereocenters. The van der Waals surface area contributed by atoms with Crippen molar-refractivity contribution in [2.24, 2.45) is 11.7 Å². The zero-order valence-electron chi connectivity index (χ0n) is 10.8. The molecule has 1 aromatic carbocycles. The van der Waals surface area contributed by atoms with Gasteiger partial charge in [-0.15, -0.1) is 0 Å². The molecular formula is C15H21ClN2. The molecule has 98 valence electrons. The first-order valence-electron chi connectivity index (χ1n) is 6.88. The van der Waals surface area contributed by atoms with Crippen LogP contribution in [0.4, 0.5) is 0 Å². The van der Waals surface area contributed by atoms with Crippen LogP contribution in [0.1, 0.15) is 30.7 Å². The van der Waals surface area contributed by atoms with E-state index in [1.165, 1.54) is 24.8 Å². The monoisotopic (exact) mass is 264 g/mol. The van der Waals surface area contributed by atoms with Gasteiger partial charge in [-0.3, -0.25) is 0 Å². The third kappa shape index (κ3) is 1.97. The van der Waals surface area contributed by atoms with Crippen molar-refractivity contribution in [2.45, 2.75) is 37.3 Å². The van der Waals surface area contributed by atoms with Gasteiger partial charge in [-0.1, -0.05) is 23.7 Å². The van der Waals surface area contributed by atoms with E-state index in [-0.39, 0.29) is 0 Å². The lowest BCUT2D eigenvalue weighted by Crippen LogP contribution is -2.48. The molecular weight excluding hydrogens is 244 g/mol. The number of hydrogen-bond donors (Lipinski definition) is 1. The summed E-state index contributed by atoms with van der Waals surface area (Å²) in [6, 6.07) is 9.80. The smallest absolute Gasteiger partial charge is 0.0406 e. The predicted molar refractivity (Wildman–Crippen MR) is 75.9 cm³/mol. The minimum absolute atomic E-state index is 0.593. The lowest BCUT2D eigenvalue weighted by atomic mass is 9.76. The molecule has 2 aliphatic rings. The quantitative estimate of drug-likeness (QED) is 0.890. The van der Waals surface area contributed by atoms with Crippen molar-refractivity contribution in [3.8, 4) is 0 Å². The molecule has 0 amide bonds. The summed E-state index contributed by atoms with van der Waals surface area (Å²) in [6.45, 7) is 0.787. The van der Waals surface area contributed by atoms with Crippen molar-refractivity contribution in [1.29, 1.82) is 0 Å². The number of hydrogen-bond acceptors (Lipinski definition) is 2. The van der Waals surface area contributed by atoms with Crippen LogP contribution in [0.25, 0.3) is 0 Å². The van der Waals surface area contributed by atoms with Crippen LogP contribution in [-0.2, 0) is 0 Å². The molecule has 2 saturated heterocycles. The zero-order valence-corrected chi connectivity index (χ0v) is 11.6. The van der Waals surface area contributed by atoms with Crippen molar-refractivity contribution in [3.63, 3.8) is 0 Å². The fraction of sp³-hybridized carbons (Fsp3) is 0.600. The molecule has 3 unspecified atom stereocenters. The van der Waals surface area contributed by atoms with Gasteiger partial charge in [0.1, 0.15) is 0 Å². The summed E-state index contributed by atoms with van der Waals surface area (Å²) in [6.07, 6.45) is 3.89. The summed E-state index contributed by atoms with van der Waals surface area (Å²) < 4.78 is 0. The Kier molecular flexibility index (Phi) is 3.35. The molecule has 0 aromatic heterocycles. The third-order valence-electron chi connectivity index (χ3n) is 5.00. The summed E-state index contributed by atoms with van der Waals surface area (Å²) in [5.41, 5.74) is 7.47. The first kappa shape index (κ1) is 12.5. The Morgan fingerprint density at radius 3 is 2.67 bits per heavy atom. The summed E-state index contributed by atoms with van der Waals surface area (Å²) in [5, 5.41) is 0.818. The van der Waals surface area contributed by atoms with E-state index in [0.717, 1.165) is 17.6 Å². The van der Waals surface area contributed by atoms with E-state index in [4.69, 9.17) is 17.3 Å². The van der Waals surface area contributed by atoms with Gasteiger partial charge in [-0.2, -0.15) is 0 Å². The zero-order chi connectivity index (χ0) is 12.7. The minimum Gasteiger partial charge on any atom is -0.330 e. The molecule has 2 N–H and O–H groups in total. The number of nitrogens with two attached hydrogens (primary N) is 1. The molecule has 0 spiro atoms. The van der Waals surface area contributed by atoms with Gasteiger partial charge in [0.2, 0.25) is 0 Å². The Morgan fingerprint density at radius 1 is 1.28 bits per heavy atom. The van der Waals surface area contributed by atoms with Crippen molar-refractivity contribution in [1.82, 2.24) is 4.90 Å². The van der Waals surface area contributed by atoms with E-state index in [9.17, 15) is 0 Å². The van der Waals surface area contributed by atoms with Crippen molar-refractivity contribution >= 4 is 11.6 Å². The average Bonchev–Trinajstić information content (AvgIpc) is 2.63. The van der Waals surface area contributed by atoms with Crippen LogP contribution in [0.2, 0.25) is 5.02 Å². The van der Waals surface area contributed by atoms with E-state index in [1.807, 2.05) is 12.1 Å². The second kappa shape index (κ2) is 4.84. The number of halogens is 1. The molecule has 3 heteroatoms. The maximum absolute atomic E-state index is 6.05. The highest BCUT2D eigenvalue weighted by molar-refractivity contribution is 6.30. The highest BCUT2D eigenvalue weighted by Gasteiger charge is 2.45. The first-order valence-corrected chi connectivity index (χ1v) is 7.26. The SMILES string of the molecule is CN1C2CCC1[C@@H](CN)C(c1ccc(Cl)cc1)C2. The van der Waals surface area contributed by atoms with E-state index in [2.05, 4.69) is 24.1 Å². The molecule has 2 nitrogen and oxygen atoms in total. The standard InChI is InChI=1S/C15H21ClN2/c1-18-12-6-7-15(18)14(9-17)13(8-12)10-2-4-11(16)5-3-10/h2-5,12-15H,6-9,17H2,1H3/t12?,13?,14-,15?/m0/s1. The summed E-state index contributed by atoms with van der Waals surface area (Å²) >= 11 is 5.98. The molecule has 18 heavy (non-hydrogen) atoms. The van der Waals surface area contributed by atoms with Gasteiger partial charge in [0.15, 0.2) is 0 Å². The normalized spacial score (nSPS) is 35.9. The highest BCUT2D eigenvalue weighted by Crippen LogP contribution is 2.45. The highest BCUT2D eigenvalue weighted by atomic mass is 35.5. The molecule has 2 bridgehead atoms. The Labute approximate surface area is 114 Å². The number of fused-ring (bicyclic) bond motifs is 2. The van der Waals surface area contributed by atoms with Crippen LogP contribution < -0.4 is 5.73 Å². The molecule has 2 aliphatic heterocycles. The Morgan fingerprint density at radius 2 is 2.00 bits per heavy atom. The van der Waals surface area contributed by atoms with Crippen LogP contribution in [0, 0.1) is 5.92 Å². The van der Waals surface area contributed by atoms with Gasteiger partial charge in [-0.05, 0) is 62.4 Å². The van der Waals surface area contributed by atoms with E-state index < -0.39 is 0 Å². The Hall–Kier alpha value is -0.570. The van der Waals surface area contributed by atoms with Crippen LogP contribution in [0.3, 0.4) is 0 Å². The number of benzene rings is 1. The van der Waals surface area contributed by atoms with Gasteiger partial charge in [0, 0.05) is 17.1 Å². The van der Waals surface area contributed by atoms with Gasteiger partial charge in [-0.25, -0.2) is 0 Å². The molecule has 2 heterocycles. The number of rotatable bonds is 2. The third-order valence-corrected chi connectivity index (χ3v) is 5.25. The second-order valence-corrected chi connectivity index (χ2v) is 6.19. The lowest BCUT2D eigenvalue weighted by molar-refractivity contribution is 0.104. The molecule has 0 aliphatic carbocycles. The van der Waals surface area contributed by atoms with Crippen molar-refractivity contribution in [2.75, 3.05) is 13.6 Å². The number of nitrogens with zero attached hydrogens (tertiary/aromatic N) is 1. The topological polar surface area (TPSA) is 29.3 Å². The van der Waals surface area contributed by atoms with Crippen LogP contribution in [-0.4, -0.2) is 30.6 Å². The van der Waals surface area contributed by atoms with Gasteiger partial charge in [0.25, 0.3) is 0 Å². The van der Waals surface area contributed by atoms with Gasteiger partial charge >= 0.3 is 0 Å². The average molecular weight is 265 g/mol. The van der Waals surface area contributed by atoms with E-state index in [1.54, 1.807) is 0 Å². The second-order valence-electron chi connectivity index (χ2n) is 5.76. The van der Waals surface area contributed by atoms with E-state index >= 15 is 0 Å².